The molecule has 0 radical (unpaired) electrons. The highest BCUT2D eigenvalue weighted by Crippen LogP contribution is 2.47. The Morgan fingerprint density at radius 3 is 2.48 bits per heavy atom. The van der Waals surface area contributed by atoms with Gasteiger partial charge in [0.25, 0.3) is 11.8 Å². The summed E-state index contributed by atoms with van der Waals surface area (Å²) >= 11 is 6.57. The molecule has 0 unspecified atom stereocenters. The summed E-state index contributed by atoms with van der Waals surface area (Å²) in [5.41, 5.74) is 5.73. The van der Waals surface area contributed by atoms with E-state index in [0.717, 1.165) is 57.7 Å². The predicted molar refractivity (Wildman–Crippen MR) is 164 cm³/mol. The molecule has 9 nitrogen and oxygen atoms in total. The van der Waals surface area contributed by atoms with E-state index in [1.165, 1.54) is 26.1 Å². The summed E-state index contributed by atoms with van der Waals surface area (Å²) in [4.78, 5) is 28.8. The van der Waals surface area contributed by atoms with E-state index in [1.54, 1.807) is 12.1 Å². The van der Waals surface area contributed by atoms with Crippen LogP contribution in [0.2, 0.25) is 5.02 Å². The summed E-state index contributed by atoms with van der Waals surface area (Å²) in [5.74, 6) is -0.439. The summed E-state index contributed by atoms with van der Waals surface area (Å²) < 4.78 is 35.6. The number of aromatic nitrogens is 1. The number of ether oxygens (including phenoxy) is 1. The fraction of sp³-hybridized carbons (Fsp3) is 0.419. The molecule has 0 atom stereocenters. The van der Waals surface area contributed by atoms with Crippen molar-refractivity contribution in [2.75, 3.05) is 40.4 Å². The van der Waals surface area contributed by atoms with Gasteiger partial charge in [-0.05, 0) is 60.2 Å². The topological polar surface area (TPSA) is 101 Å². The van der Waals surface area contributed by atoms with Crippen LogP contribution in [0, 0.1) is 0 Å². The molecule has 3 aromatic rings. The maximum absolute atomic E-state index is 13.9. The van der Waals surface area contributed by atoms with E-state index in [4.69, 9.17) is 16.3 Å². The Balaban J connectivity index is 1.56. The lowest BCUT2D eigenvalue weighted by Gasteiger charge is -2.28. The van der Waals surface area contributed by atoms with Crippen LogP contribution in [-0.2, 0) is 26.3 Å². The van der Waals surface area contributed by atoms with Gasteiger partial charge in [0.05, 0.1) is 25.5 Å². The van der Waals surface area contributed by atoms with E-state index in [2.05, 4.69) is 9.29 Å². The van der Waals surface area contributed by atoms with Crippen molar-refractivity contribution >= 4 is 50.6 Å². The number of nitrogens with zero attached hydrogens (tertiary/aromatic N) is 3. The maximum atomic E-state index is 13.9. The molecule has 1 aliphatic carbocycles. The van der Waals surface area contributed by atoms with Gasteiger partial charge in [0.1, 0.15) is 0 Å². The first-order valence-electron chi connectivity index (χ1n) is 14.4. The Kier molecular flexibility index (Phi) is 7.91. The molecule has 222 valence electrons. The van der Waals surface area contributed by atoms with Crippen molar-refractivity contribution in [3.05, 3.63) is 63.7 Å². The fourth-order valence-electron chi connectivity index (χ4n) is 6.41. The highest BCUT2D eigenvalue weighted by atomic mass is 35.5. The summed E-state index contributed by atoms with van der Waals surface area (Å²) in [6, 6.07) is 11.1. The number of benzene rings is 2. The van der Waals surface area contributed by atoms with Crippen molar-refractivity contribution in [1.82, 2.24) is 18.5 Å². The molecule has 1 saturated heterocycles. The number of fused-ring (bicyclic) bond motifs is 5. The Morgan fingerprint density at radius 2 is 1.76 bits per heavy atom. The van der Waals surface area contributed by atoms with E-state index < -0.39 is 16.1 Å². The van der Waals surface area contributed by atoms with Gasteiger partial charge in [-0.1, -0.05) is 43.0 Å². The highest BCUT2D eigenvalue weighted by Gasteiger charge is 2.32. The smallest absolute Gasteiger partial charge is 0.303 e. The van der Waals surface area contributed by atoms with Crippen molar-refractivity contribution in [2.24, 2.45) is 0 Å². The molecule has 2 aliphatic heterocycles. The third-order valence-corrected chi connectivity index (χ3v) is 10.2. The minimum absolute atomic E-state index is 0.0425. The summed E-state index contributed by atoms with van der Waals surface area (Å²) in [6.45, 7) is 2.37. The normalized spacial score (nSPS) is 17.9. The molecule has 6 rings (SSSR count). The number of rotatable bonds is 5. The van der Waals surface area contributed by atoms with Gasteiger partial charge in [0.2, 0.25) is 0 Å². The minimum Gasteiger partial charge on any atom is -0.378 e. The molecule has 1 aromatic heterocycles. The molecule has 1 N–H and O–H groups in total. The van der Waals surface area contributed by atoms with Crippen molar-refractivity contribution < 1.29 is 22.7 Å². The zero-order valence-corrected chi connectivity index (χ0v) is 25.4. The van der Waals surface area contributed by atoms with Crippen molar-refractivity contribution in [3.8, 4) is 11.3 Å². The number of morpholine rings is 1. The van der Waals surface area contributed by atoms with Gasteiger partial charge in [-0.3, -0.25) is 9.59 Å². The molecule has 0 spiro atoms. The SMILES string of the molecule is CN(C)S(=O)(=O)NC(=O)c1ccc2c(C3CCCCC3)c3n(c2c1)CC(C(=O)N1CCOCC1)=Cc1ccc(Cl)cc1-3. The molecule has 2 fully saturated rings. The van der Waals surface area contributed by atoms with Crippen LogP contribution in [0.25, 0.3) is 28.2 Å². The molecule has 3 heterocycles. The number of nitrogens with one attached hydrogen (secondary N) is 1. The first-order valence-corrected chi connectivity index (χ1v) is 16.2. The predicted octanol–water partition coefficient (Wildman–Crippen LogP) is 4.80. The number of hydrogen-bond donors (Lipinski definition) is 1. The molecule has 0 bridgehead atoms. The standard InChI is InChI=1S/C31H35ClN4O5S/c1-34(2)42(39,40)33-30(37)22-9-11-25-27(17-22)36-19-23(31(38)35-12-14-41-15-13-35)16-21-8-10-24(32)18-26(21)29(36)28(25)20-6-4-3-5-7-20/h8-11,16-18,20H,3-7,12-15,19H2,1-2H3,(H,33,37). The van der Waals surface area contributed by atoms with Gasteiger partial charge in [0.15, 0.2) is 0 Å². The summed E-state index contributed by atoms with van der Waals surface area (Å²) in [5, 5.41) is 1.61. The average Bonchev–Trinajstić information content (AvgIpc) is 3.21. The quantitative estimate of drug-likeness (QED) is 0.447. The lowest BCUT2D eigenvalue weighted by molar-refractivity contribution is -0.131. The van der Waals surface area contributed by atoms with Crippen LogP contribution in [0.15, 0.2) is 42.0 Å². The van der Waals surface area contributed by atoms with E-state index >= 15 is 0 Å². The van der Waals surface area contributed by atoms with Gasteiger partial charge < -0.3 is 14.2 Å². The lowest BCUT2D eigenvalue weighted by Crippen LogP contribution is -2.41. The first-order chi connectivity index (χ1) is 20.1. The van der Waals surface area contributed by atoms with E-state index in [9.17, 15) is 18.0 Å². The third-order valence-electron chi connectivity index (χ3n) is 8.58. The largest absolute Gasteiger partial charge is 0.378 e. The summed E-state index contributed by atoms with van der Waals surface area (Å²) in [7, 11) is -1.24. The van der Waals surface area contributed by atoms with E-state index in [-0.39, 0.29) is 11.5 Å². The van der Waals surface area contributed by atoms with Crippen LogP contribution < -0.4 is 4.72 Å². The van der Waals surface area contributed by atoms with E-state index in [1.807, 2.05) is 35.2 Å². The van der Waals surface area contributed by atoms with Gasteiger partial charge in [-0.2, -0.15) is 12.7 Å². The fourth-order valence-corrected chi connectivity index (χ4v) is 7.11. The van der Waals surface area contributed by atoms with Crippen molar-refractivity contribution in [1.29, 1.82) is 0 Å². The van der Waals surface area contributed by atoms with Crippen molar-refractivity contribution in [3.63, 3.8) is 0 Å². The Hall–Kier alpha value is -3.18. The number of halogens is 1. The van der Waals surface area contributed by atoms with Gasteiger partial charge in [0, 0.05) is 59.8 Å². The maximum Gasteiger partial charge on any atom is 0.303 e. The average molecular weight is 611 g/mol. The Bertz CT molecular complexity index is 1700. The number of hydrogen-bond acceptors (Lipinski definition) is 5. The lowest BCUT2D eigenvalue weighted by atomic mass is 9.81. The summed E-state index contributed by atoms with van der Waals surface area (Å²) in [6.07, 6.45) is 7.56. The Morgan fingerprint density at radius 1 is 1.02 bits per heavy atom. The second-order valence-corrected chi connectivity index (χ2v) is 13.8. The van der Waals surface area contributed by atoms with Crippen LogP contribution in [0.3, 0.4) is 0 Å². The van der Waals surface area contributed by atoms with Gasteiger partial charge in [-0.15, -0.1) is 0 Å². The molecular formula is C31H35ClN4O5S. The zero-order chi connectivity index (χ0) is 29.6. The molecule has 42 heavy (non-hydrogen) atoms. The second kappa shape index (κ2) is 11.5. The molecule has 2 amide bonds. The monoisotopic (exact) mass is 610 g/mol. The van der Waals surface area contributed by atoms with Crippen LogP contribution in [-0.4, -0.2) is 74.4 Å². The van der Waals surface area contributed by atoms with Crippen LogP contribution in [0.4, 0.5) is 0 Å². The highest BCUT2D eigenvalue weighted by molar-refractivity contribution is 7.87. The van der Waals surface area contributed by atoms with Crippen LogP contribution in [0.5, 0.6) is 0 Å². The molecule has 3 aliphatic rings. The van der Waals surface area contributed by atoms with Crippen LogP contribution >= 0.6 is 11.6 Å². The second-order valence-electron chi connectivity index (χ2n) is 11.4. The number of amides is 2. The first kappa shape index (κ1) is 28.9. The molecule has 2 aromatic carbocycles. The number of carbonyl (C=O) groups excluding carboxylic acids is 2. The number of carbonyl (C=O) groups is 2. The Labute approximate surface area is 251 Å². The van der Waals surface area contributed by atoms with E-state index in [0.29, 0.717) is 49.4 Å². The van der Waals surface area contributed by atoms with Gasteiger partial charge in [-0.25, -0.2) is 4.72 Å². The molecular weight excluding hydrogens is 576 g/mol. The molecule has 11 heteroatoms. The van der Waals surface area contributed by atoms with Gasteiger partial charge >= 0.3 is 10.2 Å². The minimum atomic E-state index is -3.97. The zero-order valence-electron chi connectivity index (χ0n) is 23.9. The molecule has 1 saturated carbocycles. The van der Waals surface area contributed by atoms with Crippen LogP contribution in [0.1, 0.15) is 59.5 Å². The third kappa shape index (κ3) is 5.37. The van der Waals surface area contributed by atoms with Crippen molar-refractivity contribution in [2.45, 2.75) is 44.6 Å².